The molecule has 0 amide bonds. The normalized spacial score (nSPS) is 14.3. The van der Waals surface area contributed by atoms with Gasteiger partial charge in [0.2, 0.25) is 0 Å². The molecule has 9 rings (SSSR count). The Hall–Kier alpha value is -5.99. The predicted octanol–water partition coefficient (Wildman–Crippen LogP) is 11.4. The second-order valence-corrected chi connectivity index (χ2v) is 12.8. The quantitative estimate of drug-likeness (QED) is 0.193. The summed E-state index contributed by atoms with van der Waals surface area (Å²) >= 11 is 0. The number of benzene rings is 7. The highest BCUT2D eigenvalue weighted by atomic mass is 16.1. The molecule has 0 fully saturated rings. The molecule has 1 unspecified atom stereocenters. The standard InChI is InChI=1S/C46H33NO/c48-46-42-20-8-7-18-39(42)38(36-17-11-16-35(30-36)32-14-5-2-6-15-32)28-24-34-25-29-41-40-19-9-10-21-43(40)47(45(41)44(34)46)37-26-22-33(23-27-37)31-12-3-1-4-13-31/h1-23,25-27,29-30,38H,24,28H2. The molecule has 0 saturated carbocycles. The van der Waals surface area contributed by atoms with Crippen LogP contribution in [0.5, 0.6) is 0 Å². The van der Waals surface area contributed by atoms with Crippen LogP contribution in [0.3, 0.4) is 0 Å². The van der Waals surface area contributed by atoms with E-state index in [2.05, 4.69) is 156 Å². The SMILES string of the molecule is O=C1c2ccccc2C(c2cccc(-c3ccccc3)c2)CCc2ccc3c4ccccc4n(-c4ccc(-c5ccccc5)cc4)c3c21. The molecule has 0 spiro atoms. The fourth-order valence-corrected chi connectivity index (χ4v) is 7.77. The molecule has 0 radical (unpaired) electrons. The minimum absolute atomic E-state index is 0.0973. The molecule has 1 atom stereocenters. The molecule has 0 saturated heterocycles. The molecule has 228 valence electrons. The number of fused-ring (bicyclic) bond motifs is 6. The summed E-state index contributed by atoms with van der Waals surface area (Å²) in [6, 6.07) is 59.8. The second kappa shape index (κ2) is 11.7. The maximum Gasteiger partial charge on any atom is 0.195 e. The van der Waals surface area contributed by atoms with E-state index >= 15 is 4.79 Å². The van der Waals surface area contributed by atoms with Gasteiger partial charge in [-0.25, -0.2) is 0 Å². The van der Waals surface area contributed by atoms with Crippen LogP contribution in [0.2, 0.25) is 0 Å². The number of aromatic nitrogens is 1. The van der Waals surface area contributed by atoms with Gasteiger partial charge in [0.05, 0.1) is 16.6 Å². The van der Waals surface area contributed by atoms with Crippen molar-refractivity contribution in [3.8, 4) is 27.9 Å². The highest BCUT2D eigenvalue weighted by Crippen LogP contribution is 2.42. The summed E-state index contributed by atoms with van der Waals surface area (Å²) in [6.07, 6.45) is 1.72. The third-order valence-corrected chi connectivity index (χ3v) is 10.1. The molecular weight excluding hydrogens is 583 g/mol. The smallest absolute Gasteiger partial charge is 0.195 e. The lowest BCUT2D eigenvalue weighted by Gasteiger charge is -2.26. The third kappa shape index (κ3) is 4.68. The molecule has 1 aromatic heterocycles. The van der Waals surface area contributed by atoms with E-state index in [9.17, 15) is 0 Å². The first-order valence-electron chi connectivity index (χ1n) is 16.7. The minimum Gasteiger partial charge on any atom is -0.308 e. The lowest BCUT2D eigenvalue weighted by molar-refractivity contribution is 0.103. The van der Waals surface area contributed by atoms with Crippen LogP contribution in [0, 0.1) is 0 Å². The molecule has 2 nitrogen and oxygen atoms in total. The summed E-state index contributed by atoms with van der Waals surface area (Å²) in [6.45, 7) is 0. The molecule has 8 aromatic rings. The summed E-state index contributed by atoms with van der Waals surface area (Å²) in [5, 5.41) is 2.26. The van der Waals surface area contributed by atoms with Gasteiger partial charge < -0.3 is 4.57 Å². The third-order valence-electron chi connectivity index (χ3n) is 10.1. The van der Waals surface area contributed by atoms with Crippen LogP contribution in [0.1, 0.15) is 45.0 Å². The Morgan fingerprint density at radius 3 is 1.96 bits per heavy atom. The molecule has 1 aliphatic carbocycles. The van der Waals surface area contributed by atoms with Gasteiger partial charge in [0.15, 0.2) is 5.78 Å². The summed E-state index contributed by atoms with van der Waals surface area (Å²) in [5.74, 6) is 0.203. The van der Waals surface area contributed by atoms with Crippen LogP contribution >= 0.6 is 0 Å². The number of rotatable bonds is 4. The van der Waals surface area contributed by atoms with E-state index in [1.165, 1.54) is 27.8 Å². The topological polar surface area (TPSA) is 22.0 Å². The number of para-hydroxylation sites is 1. The number of aryl methyl sites for hydroxylation is 1. The summed E-state index contributed by atoms with van der Waals surface area (Å²) in [5.41, 5.74) is 13.0. The van der Waals surface area contributed by atoms with Crippen molar-refractivity contribution in [3.63, 3.8) is 0 Å². The van der Waals surface area contributed by atoms with Gasteiger partial charge in [-0.15, -0.1) is 0 Å². The molecule has 1 aliphatic rings. The zero-order valence-electron chi connectivity index (χ0n) is 26.5. The summed E-state index contributed by atoms with van der Waals surface area (Å²) in [4.78, 5) is 15.0. The Kier molecular flexibility index (Phi) is 6.87. The van der Waals surface area contributed by atoms with Crippen molar-refractivity contribution in [1.29, 1.82) is 0 Å². The minimum atomic E-state index is 0.0973. The Morgan fingerprint density at radius 2 is 1.17 bits per heavy atom. The predicted molar refractivity (Wildman–Crippen MR) is 198 cm³/mol. The van der Waals surface area contributed by atoms with E-state index in [0.29, 0.717) is 0 Å². The van der Waals surface area contributed by atoms with Gasteiger partial charge in [0, 0.05) is 27.9 Å². The van der Waals surface area contributed by atoms with Crippen molar-refractivity contribution >= 4 is 27.6 Å². The Labute approximate surface area is 280 Å². The molecular formula is C46H33NO. The van der Waals surface area contributed by atoms with E-state index in [1.807, 2.05) is 18.2 Å². The lowest BCUT2D eigenvalue weighted by atomic mass is 9.78. The van der Waals surface area contributed by atoms with Crippen LogP contribution in [0.15, 0.2) is 170 Å². The zero-order chi connectivity index (χ0) is 32.0. The van der Waals surface area contributed by atoms with E-state index in [4.69, 9.17) is 0 Å². The molecule has 2 heteroatoms. The maximum atomic E-state index is 15.0. The average Bonchev–Trinajstić information content (AvgIpc) is 3.49. The van der Waals surface area contributed by atoms with Gasteiger partial charge in [-0.3, -0.25) is 4.79 Å². The Bertz CT molecular complexity index is 2450. The molecule has 0 aliphatic heterocycles. The van der Waals surface area contributed by atoms with E-state index < -0.39 is 0 Å². The van der Waals surface area contributed by atoms with Crippen molar-refractivity contribution in [2.75, 3.05) is 0 Å². The maximum absolute atomic E-state index is 15.0. The van der Waals surface area contributed by atoms with Gasteiger partial charge >= 0.3 is 0 Å². The van der Waals surface area contributed by atoms with E-state index in [-0.39, 0.29) is 11.7 Å². The first-order valence-corrected chi connectivity index (χ1v) is 16.7. The number of carbonyl (C=O) groups is 1. The van der Waals surface area contributed by atoms with Gasteiger partial charge in [-0.05, 0) is 70.0 Å². The average molecular weight is 616 g/mol. The first-order chi connectivity index (χ1) is 23.7. The molecule has 1 heterocycles. The van der Waals surface area contributed by atoms with Crippen molar-refractivity contribution in [1.82, 2.24) is 4.57 Å². The van der Waals surface area contributed by atoms with Crippen LogP contribution in [0.25, 0.3) is 49.7 Å². The molecule has 0 bridgehead atoms. The van der Waals surface area contributed by atoms with Crippen LogP contribution in [-0.2, 0) is 6.42 Å². The van der Waals surface area contributed by atoms with Gasteiger partial charge in [-0.1, -0.05) is 152 Å². The van der Waals surface area contributed by atoms with Crippen molar-refractivity contribution in [2.45, 2.75) is 18.8 Å². The Morgan fingerprint density at radius 1 is 0.521 bits per heavy atom. The summed E-state index contributed by atoms with van der Waals surface area (Å²) in [7, 11) is 0. The molecule has 0 N–H and O–H groups in total. The van der Waals surface area contributed by atoms with Crippen LogP contribution < -0.4 is 0 Å². The fourth-order valence-electron chi connectivity index (χ4n) is 7.77. The number of ketones is 1. The Balaban J connectivity index is 1.22. The highest BCUT2D eigenvalue weighted by Gasteiger charge is 2.30. The fraction of sp³-hybridized carbons (Fsp3) is 0.0652. The van der Waals surface area contributed by atoms with Crippen molar-refractivity contribution in [2.24, 2.45) is 0 Å². The van der Waals surface area contributed by atoms with Gasteiger partial charge in [-0.2, -0.15) is 0 Å². The van der Waals surface area contributed by atoms with E-state index in [0.717, 1.165) is 62.6 Å². The number of nitrogens with zero attached hydrogens (tertiary/aromatic N) is 1. The molecule has 7 aromatic carbocycles. The van der Waals surface area contributed by atoms with Gasteiger partial charge in [0.25, 0.3) is 0 Å². The van der Waals surface area contributed by atoms with Crippen LogP contribution in [-0.4, -0.2) is 10.4 Å². The number of hydrogen-bond donors (Lipinski definition) is 0. The van der Waals surface area contributed by atoms with Crippen molar-refractivity contribution in [3.05, 3.63) is 198 Å². The first kappa shape index (κ1) is 28.3. The largest absolute Gasteiger partial charge is 0.308 e. The lowest BCUT2D eigenvalue weighted by Crippen LogP contribution is -2.17. The highest BCUT2D eigenvalue weighted by molar-refractivity contribution is 6.22. The zero-order valence-corrected chi connectivity index (χ0v) is 26.5. The van der Waals surface area contributed by atoms with Crippen LogP contribution in [0.4, 0.5) is 0 Å². The number of carbonyl (C=O) groups excluding carboxylic acids is 1. The van der Waals surface area contributed by atoms with E-state index in [1.54, 1.807) is 0 Å². The number of hydrogen-bond acceptors (Lipinski definition) is 1. The van der Waals surface area contributed by atoms with Crippen molar-refractivity contribution < 1.29 is 4.79 Å². The second-order valence-electron chi connectivity index (χ2n) is 12.8. The monoisotopic (exact) mass is 615 g/mol. The molecule has 48 heavy (non-hydrogen) atoms. The van der Waals surface area contributed by atoms with Gasteiger partial charge in [0.1, 0.15) is 0 Å². The summed E-state index contributed by atoms with van der Waals surface area (Å²) < 4.78 is 2.31.